The maximum atomic E-state index is 12.1. The zero-order valence-electron chi connectivity index (χ0n) is 23.9. The Kier molecular flexibility index (Phi) is 7.97. The Morgan fingerprint density at radius 2 is 2.02 bits per heavy atom. The molecule has 0 radical (unpaired) electrons. The van der Waals surface area contributed by atoms with Crippen molar-refractivity contribution in [3.63, 3.8) is 0 Å². The molecular weight excluding hydrogens is 530 g/mol. The van der Waals surface area contributed by atoms with Gasteiger partial charge in [-0.15, -0.1) is 0 Å². The summed E-state index contributed by atoms with van der Waals surface area (Å²) in [6.07, 6.45) is 7.13. The molecule has 0 N–H and O–H groups in total. The summed E-state index contributed by atoms with van der Waals surface area (Å²) < 4.78 is 18.7. The third-order valence-corrected chi connectivity index (χ3v) is 8.14. The normalized spacial score (nSPS) is 18.2. The van der Waals surface area contributed by atoms with Crippen LogP contribution in [0.1, 0.15) is 64.4 Å². The Hall–Kier alpha value is -4.55. The number of esters is 1. The molecule has 1 saturated heterocycles. The first kappa shape index (κ1) is 27.6. The molecule has 2 atom stereocenters. The molecule has 4 aromatic rings. The van der Waals surface area contributed by atoms with E-state index in [0.717, 1.165) is 66.9 Å². The fourth-order valence-corrected chi connectivity index (χ4v) is 5.56. The molecule has 214 valence electrons. The van der Waals surface area contributed by atoms with E-state index in [1.165, 1.54) is 12.7 Å². The second kappa shape index (κ2) is 12.1. The number of ether oxygens (including phenoxy) is 3. The van der Waals surface area contributed by atoms with E-state index >= 15 is 0 Å². The van der Waals surface area contributed by atoms with Gasteiger partial charge in [0.1, 0.15) is 17.9 Å². The van der Waals surface area contributed by atoms with E-state index in [1.54, 1.807) is 6.07 Å². The predicted molar refractivity (Wildman–Crippen MR) is 157 cm³/mol. The molecular formula is C33H33N5O4. The number of carbonyl (C=O) groups is 1. The first-order valence-corrected chi connectivity index (χ1v) is 14.4. The van der Waals surface area contributed by atoms with Crippen molar-refractivity contribution in [1.82, 2.24) is 19.5 Å². The second-order valence-electron chi connectivity index (χ2n) is 10.9. The predicted octanol–water partition coefficient (Wildman–Crippen LogP) is 5.59. The maximum Gasteiger partial charge on any atom is 0.356 e. The number of aromatic nitrogens is 4. The molecule has 1 unspecified atom stereocenters. The smallest absolute Gasteiger partial charge is 0.356 e. The van der Waals surface area contributed by atoms with Gasteiger partial charge in [0.2, 0.25) is 5.88 Å². The topological polar surface area (TPSA) is 112 Å². The van der Waals surface area contributed by atoms with Gasteiger partial charge in [-0.05, 0) is 85.6 Å². The molecule has 1 aliphatic carbocycles. The lowest BCUT2D eigenvalue weighted by Crippen LogP contribution is -2.32. The number of hydrogen-bond donors (Lipinski definition) is 0. The molecule has 1 fully saturated rings. The number of hydrogen-bond acceptors (Lipinski definition) is 8. The molecule has 1 aliphatic heterocycles. The van der Waals surface area contributed by atoms with Crippen molar-refractivity contribution in [1.29, 1.82) is 5.26 Å². The zero-order chi connectivity index (χ0) is 29.1. The van der Waals surface area contributed by atoms with Gasteiger partial charge in [-0.2, -0.15) is 5.26 Å². The van der Waals surface area contributed by atoms with Gasteiger partial charge >= 0.3 is 5.97 Å². The van der Waals surface area contributed by atoms with Crippen molar-refractivity contribution in [3.05, 3.63) is 88.5 Å². The highest BCUT2D eigenvalue weighted by molar-refractivity contribution is 5.89. The number of fused-ring (bicyclic) bond motifs is 1. The molecule has 0 bridgehead atoms. The molecule has 0 saturated carbocycles. The lowest BCUT2D eigenvalue weighted by atomic mass is 9.86. The van der Waals surface area contributed by atoms with E-state index in [0.29, 0.717) is 36.2 Å². The lowest BCUT2D eigenvalue weighted by Gasteiger charge is -2.28. The van der Waals surface area contributed by atoms with Crippen molar-refractivity contribution in [2.75, 3.05) is 13.7 Å². The Balaban J connectivity index is 1.14. The van der Waals surface area contributed by atoms with E-state index in [9.17, 15) is 4.79 Å². The van der Waals surface area contributed by atoms with Gasteiger partial charge in [0.15, 0.2) is 11.3 Å². The van der Waals surface area contributed by atoms with E-state index in [4.69, 9.17) is 29.4 Å². The largest absolute Gasteiger partial charge is 0.473 e. The van der Waals surface area contributed by atoms with Crippen molar-refractivity contribution in [2.45, 2.75) is 58.3 Å². The van der Waals surface area contributed by atoms with Crippen LogP contribution in [-0.4, -0.2) is 45.3 Å². The molecule has 9 heteroatoms. The van der Waals surface area contributed by atoms with E-state index < -0.39 is 5.97 Å². The van der Waals surface area contributed by atoms with Gasteiger partial charge in [-0.25, -0.2) is 19.7 Å². The first-order chi connectivity index (χ1) is 20.5. The average Bonchev–Trinajstić information content (AvgIpc) is 3.34. The fraction of sp³-hybridized carbons (Fsp3) is 0.364. The number of benzene rings is 1. The van der Waals surface area contributed by atoms with Gasteiger partial charge in [0.25, 0.3) is 0 Å². The molecule has 0 spiro atoms. The highest BCUT2D eigenvalue weighted by Gasteiger charge is 2.25. The average molecular weight is 564 g/mol. The highest BCUT2D eigenvalue weighted by Crippen LogP contribution is 2.33. The number of rotatable bonds is 9. The maximum absolute atomic E-state index is 12.1. The van der Waals surface area contributed by atoms with Crippen LogP contribution in [-0.2, 0) is 29.0 Å². The quantitative estimate of drug-likeness (QED) is 0.242. The molecule has 0 amide bonds. The monoisotopic (exact) mass is 563 g/mol. The lowest BCUT2D eigenvalue weighted by molar-refractivity contribution is -0.0591. The molecule has 6 rings (SSSR count). The summed E-state index contributed by atoms with van der Waals surface area (Å²) in [7, 11) is 1.36. The highest BCUT2D eigenvalue weighted by atomic mass is 16.5. The number of methoxy groups -OCH3 is 1. The molecule has 1 aromatic carbocycles. The minimum Gasteiger partial charge on any atom is -0.473 e. The Bertz CT molecular complexity index is 1700. The molecule has 9 nitrogen and oxygen atoms in total. The van der Waals surface area contributed by atoms with Gasteiger partial charge in [-0.3, -0.25) is 0 Å². The standard InChI is InChI=1S/C33H33N5O4/c1-21-16-23(18-34)8-11-25(21)20-42-31-5-3-4-27(36-31)24-9-6-22(7-10-24)17-30-35-28-12-13-29(33(39)40-2)37-32(28)38(30)19-26-14-15-41-26/h3-5,8-9,11-13,16,22,26H,6-7,10,14-15,17,19-20H2,1-2H3/t22?,26-/m0/s1. The van der Waals surface area contributed by atoms with Crippen LogP contribution in [0, 0.1) is 24.2 Å². The van der Waals surface area contributed by atoms with Crippen molar-refractivity contribution in [2.24, 2.45) is 5.92 Å². The minimum atomic E-state index is -0.455. The molecule has 42 heavy (non-hydrogen) atoms. The Morgan fingerprint density at radius 3 is 2.74 bits per heavy atom. The fourth-order valence-electron chi connectivity index (χ4n) is 5.56. The Morgan fingerprint density at radius 1 is 1.14 bits per heavy atom. The number of nitriles is 1. The molecule has 2 aliphatic rings. The van der Waals surface area contributed by atoms with Crippen LogP contribution >= 0.6 is 0 Å². The molecule has 4 heterocycles. The van der Waals surface area contributed by atoms with E-state index in [2.05, 4.69) is 21.7 Å². The van der Waals surface area contributed by atoms with Crippen molar-refractivity contribution >= 4 is 22.7 Å². The summed E-state index contributed by atoms with van der Waals surface area (Å²) >= 11 is 0. The van der Waals surface area contributed by atoms with Crippen LogP contribution in [0.2, 0.25) is 0 Å². The van der Waals surface area contributed by atoms with Crippen LogP contribution < -0.4 is 4.74 Å². The van der Waals surface area contributed by atoms with Crippen LogP contribution in [0.25, 0.3) is 16.7 Å². The van der Waals surface area contributed by atoms with Crippen LogP contribution in [0.5, 0.6) is 5.88 Å². The number of nitrogens with zero attached hydrogens (tertiary/aromatic N) is 5. The SMILES string of the molecule is COC(=O)c1ccc2nc(CC3CC=C(c4cccc(OCc5ccc(C#N)cc5C)n4)CC3)n(C[C@@H]3CCO3)c2n1. The number of aryl methyl sites for hydroxylation is 1. The zero-order valence-corrected chi connectivity index (χ0v) is 23.9. The van der Waals surface area contributed by atoms with Crippen molar-refractivity contribution < 1.29 is 19.0 Å². The van der Waals surface area contributed by atoms with Gasteiger partial charge in [0.05, 0.1) is 37.1 Å². The number of pyridine rings is 2. The van der Waals surface area contributed by atoms with Gasteiger partial charge in [-0.1, -0.05) is 18.2 Å². The van der Waals surface area contributed by atoms with Crippen molar-refractivity contribution in [3.8, 4) is 11.9 Å². The second-order valence-corrected chi connectivity index (χ2v) is 10.9. The summed E-state index contributed by atoms with van der Waals surface area (Å²) in [4.78, 5) is 26.4. The van der Waals surface area contributed by atoms with E-state index in [1.807, 2.05) is 49.4 Å². The van der Waals surface area contributed by atoms with Crippen LogP contribution in [0.4, 0.5) is 0 Å². The summed E-state index contributed by atoms with van der Waals surface area (Å²) in [6.45, 7) is 3.84. The summed E-state index contributed by atoms with van der Waals surface area (Å²) in [5, 5.41) is 9.10. The minimum absolute atomic E-state index is 0.143. The third kappa shape index (κ3) is 5.90. The number of allylic oxidation sites excluding steroid dienone is 2. The third-order valence-electron chi connectivity index (χ3n) is 8.14. The first-order valence-electron chi connectivity index (χ1n) is 14.4. The van der Waals surface area contributed by atoms with Gasteiger partial charge in [0, 0.05) is 19.1 Å². The van der Waals surface area contributed by atoms with E-state index in [-0.39, 0.29) is 11.8 Å². The van der Waals surface area contributed by atoms with Gasteiger partial charge < -0.3 is 18.8 Å². The summed E-state index contributed by atoms with van der Waals surface area (Å²) in [6, 6.07) is 17.2. The summed E-state index contributed by atoms with van der Waals surface area (Å²) in [5.74, 6) is 1.54. The molecule has 3 aromatic heterocycles. The number of carbonyl (C=O) groups excluding carboxylic acids is 1. The number of imidazole rings is 1. The summed E-state index contributed by atoms with van der Waals surface area (Å²) in [5.41, 5.74) is 6.64. The van der Waals surface area contributed by atoms with Crippen LogP contribution in [0.15, 0.2) is 54.6 Å². The van der Waals surface area contributed by atoms with Crippen LogP contribution in [0.3, 0.4) is 0 Å². The Labute approximate surface area is 244 Å².